The SMILES string of the molecule is NC(=O)c1c(Br)cccc1NCC1CCCN1. The Morgan fingerprint density at radius 1 is 1.59 bits per heavy atom. The molecule has 1 heterocycles. The van der Waals surface area contributed by atoms with E-state index in [4.69, 9.17) is 5.73 Å². The van der Waals surface area contributed by atoms with Crippen LogP contribution in [-0.4, -0.2) is 25.0 Å². The molecule has 0 spiro atoms. The summed E-state index contributed by atoms with van der Waals surface area (Å²) < 4.78 is 0.731. The quantitative estimate of drug-likeness (QED) is 0.793. The van der Waals surface area contributed by atoms with Crippen LogP contribution < -0.4 is 16.4 Å². The molecule has 0 radical (unpaired) electrons. The number of anilines is 1. The van der Waals surface area contributed by atoms with Crippen LogP contribution in [0.15, 0.2) is 22.7 Å². The highest BCUT2D eigenvalue weighted by Crippen LogP contribution is 2.24. The van der Waals surface area contributed by atoms with Crippen LogP contribution >= 0.6 is 15.9 Å². The van der Waals surface area contributed by atoms with Gasteiger partial charge in [0.05, 0.1) is 5.56 Å². The molecule has 1 aromatic carbocycles. The third kappa shape index (κ3) is 2.98. The lowest BCUT2D eigenvalue weighted by atomic mass is 10.1. The number of nitrogens with one attached hydrogen (secondary N) is 2. The average Bonchev–Trinajstić information content (AvgIpc) is 2.78. The Morgan fingerprint density at radius 2 is 2.41 bits per heavy atom. The summed E-state index contributed by atoms with van der Waals surface area (Å²) in [5, 5.41) is 6.68. The maximum atomic E-state index is 11.4. The molecular weight excluding hydrogens is 282 g/mol. The van der Waals surface area contributed by atoms with Crippen LogP contribution in [0.1, 0.15) is 23.2 Å². The standard InChI is InChI=1S/C12H16BrN3O/c13-9-4-1-5-10(11(9)12(14)17)16-7-8-3-2-6-15-8/h1,4-5,8,15-16H,2-3,6-7H2,(H2,14,17). The fraction of sp³-hybridized carbons (Fsp3) is 0.417. The van der Waals surface area contributed by atoms with Crippen LogP contribution in [0.4, 0.5) is 5.69 Å². The predicted molar refractivity (Wildman–Crippen MR) is 72.2 cm³/mol. The second kappa shape index (κ2) is 5.51. The van der Waals surface area contributed by atoms with Crippen molar-refractivity contribution in [3.63, 3.8) is 0 Å². The van der Waals surface area contributed by atoms with Crippen molar-refractivity contribution in [3.8, 4) is 0 Å². The van der Waals surface area contributed by atoms with Gasteiger partial charge < -0.3 is 16.4 Å². The van der Waals surface area contributed by atoms with Crippen molar-refractivity contribution < 1.29 is 4.79 Å². The Balaban J connectivity index is 2.09. The van der Waals surface area contributed by atoms with Gasteiger partial charge in [-0.1, -0.05) is 6.07 Å². The summed E-state index contributed by atoms with van der Waals surface area (Å²) in [7, 11) is 0. The van der Waals surface area contributed by atoms with Gasteiger partial charge in [0.15, 0.2) is 0 Å². The summed E-state index contributed by atoms with van der Waals surface area (Å²) in [6.45, 7) is 1.89. The predicted octanol–water partition coefficient (Wildman–Crippen LogP) is 1.71. The Bertz CT molecular complexity index is 416. The van der Waals surface area contributed by atoms with Crippen molar-refractivity contribution >= 4 is 27.5 Å². The minimum Gasteiger partial charge on any atom is -0.383 e. The lowest BCUT2D eigenvalue weighted by Crippen LogP contribution is -2.30. The van der Waals surface area contributed by atoms with Crippen molar-refractivity contribution in [1.82, 2.24) is 5.32 Å². The van der Waals surface area contributed by atoms with Crippen molar-refractivity contribution in [2.75, 3.05) is 18.4 Å². The van der Waals surface area contributed by atoms with E-state index in [9.17, 15) is 4.79 Å². The monoisotopic (exact) mass is 297 g/mol. The number of primary amides is 1. The summed E-state index contributed by atoms with van der Waals surface area (Å²) in [6, 6.07) is 6.06. The van der Waals surface area contributed by atoms with Crippen LogP contribution in [0, 0.1) is 0 Å². The fourth-order valence-electron chi connectivity index (χ4n) is 2.09. The van der Waals surface area contributed by atoms with Crippen molar-refractivity contribution in [3.05, 3.63) is 28.2 Å². The molecule has 4 N–H and O–H groups in total. The van der Waals surface area contributed by atoms with Crippen molar-refractivity contribution in [2.45, 2.75) is 18.9 Å². The highest BCUT2D eigenvalue weighted by atomic mass is 79.9. The fourth-order valence-corrected chi connectivity index (χ4v) is 2.65. The van der Waals surface area contributed by atoms with E-state index in [0.717, 1.165) is 23.2 Å². The molecule has 5 heteroatoms. The third-order valence-electron chi connectivity index (χ3n) is 2.96. The molecule has 1 saturated heterocycles. The largest absolute Gasteiger partial charge is 0.383 e. The molecule has 0 aromatic heterocycles. The molecule has 1 fully saturated rings. The van der Waals surface area contributed by atoms with E-state index in [0.29, 0.717) is 11.6 Å². The number of amides is 1. The molecule has 4 nitrogen and oxygen atoms in total. The Kier molecular flexibility index (Phi) is 4.02. The summed E-state index contributed by atoms with van der Waals surface area (Å²) in [5.74, 6) is -0.417. The highest BCUT2D eigenvalue weighted by molar-refractivity contribution is 9.10. The second-order valence-corrected chi connectivity index (χ2v) is 5.06. The van der Waals surface area contributed by atoms with Gasteiger partial charge in [-0.2, -0.15) is 0 Å². The maximum absolute atomic E-state index is 11.4. The molecule has 1 aromatic rings. The minimum absolute atomic E-state index is 0.417. The zero-order chi connectivity index (χ0) is 12.3. The highest BCUT2D eigenvalue weighted by Gasteiger charge is 2.16. The van der Waals surface area contributed by atoms with E-state index in [1.54, 1.807) is 0 Å². The van der Waals surface area contributed by atoms with E-state index in [2.05, 4.69) is 26.6 Å². The Morgan fingerprint density at radius 3 is 3.06 bits per heavy atom. The topological polar surface area (TPSA) is 67.2 Å². The molecule has 2 rings (SSSR count). The van der Waals surface area contributed by atoms with Crippen LogP contribution in [-0.2, 0) is 0 Å². The zero-order valence-electron chi connectivity index (χ0n) is 9.50. The third-order valence-corrected chi connectivity index (χ3v) is 3.62. The lowest BCUT2D eigenvalue weighted by molar-refractivity contribution is 0.100. The number of carbonyl (C=O) groups is 1. The zero-order valence-corrected chi connectivity index (χ0v) is 11.1. The molecular formula is C12H16BrN3O. The molecule has 1 amide bonds. The molecule has 0 aliphatic carbocycles. The first-order valence-electron chi connectivity index (χ1n) is 5.74. The van der Waals surface area contributed by atoms with Gasteiger partial charge in [-0.25, -0.2) is 0 Å². The van der Waals surface area contributed by atoms with E-state index >= 15 is 0 Å². The normalized spacial score (nSPS) is 19.2. The Hall–Kier alpha value is -1.07. The van der Waals surface area contributed by atoms with Gasteiger partial charge in [-0.05, 0) is 47.4 Å². The smallest absolute Gasteiger partial charge is 0.251 e. The number of nitrogens with two attached hydrogens (primary N) is 1. The maximum Gasteiger partial charge on any atom is 0.251 e. The minimum atomic E-state index is -0.417. The molecule has 1 aliphatic rings. The van der Waals surface area contributed by atoms with Gasteiger partial charge >= 0.3 is 0 Å². The van der Waals surface area contributed by atoms with Crippen LogP contribution in [0.5, 0.6) is 0 Å². The van der Waals surface area contributed by atoms with Crippen LogP contribution in [0.25, 0.3) is 0 Å². The van der Waals surface area contributed by atoms with Gasteiger partial charge in [-0.15, -0.1) is 0 Å². The Labute approximate surface area is 109 Å². The first-order chi connectivity index (χ1) is 8.18. The second-order valence-electron chi connectivity index (χ2n) is 4.20. The van der Waals surface area contributed by atoms with E-state index in [1.807, 2.05) is 18.2 Å². The molecule has 0 saturated carbocycles. The number of halogens is 1. The van der Waals surface area contributed by atoms with Crippen molar-refractivity contribution in [2.24, 2.45) is 5.73 Å². The number of benzene rings is 1. The number of rotatable bonds is 4. The first-order valence-corrected chi connectivity index (χ1v) is 6.53. The average molecular weight is 298 g/mol. The summed E-state index contributed by atoms with van der Waals surface area (Å²) in [6.07, 6.45) is 2.39. The number of hydrogen-bond acceptors (Lipinski definition) is 3. The van der Waals surface area contributed by atoms with Gasteiger partial charge in [0.2, 0.25) is 0 Å². The van der Waals surface area contributed by atoms with Gasteiger partial charge in [0, 0.05) is 22.7 Å². The van der Waals surface area contributed by atoms with Crippen LogP contribution in [0.3, 0.4) is 0 Å². The number of carbonyl (C=O) groups excluding carboxylic acids is 1. The molecule has 92 valence electrons. The van der Waals surface area contributed by atoms with Crippen molar-refractivity contribution in [1.29, 1.82) is 0 Å². The summed E-state index contributed by atoms with van der Waals surface area (Å²) in [4.78, 5) is 11.4. The van der Waals surface area contributed by atoms with E-state index < -0.39 is 5.91 Å². The summed E-state index contributed by atoms with van der Waals surface area (Å²) >= 11 is 3.34. The molecule has 0 bridgehead atoms. The molecule has 1 unspecified atom stereocenters. The first kappa shape index (κ1) is 12.4. The number of hydrogen-bond donors (Lipinski definition) is 3. The molecule has 17 heavy (non-hydrogen) atoms. The summed E-state index contributed by atoms with van der Waals surface area (Å²) in [5.41, 5.74) is 6.69. The molecule has 1 aliphatic heterocycles. The lowest BCUT2D eigenvalue weighted by Gasteiger charge is -2.15. The van der Waals surface area contributed by atoms with E-state index in [-0.39, 0.29) is 0 Å². The van der Waals surface area contributed by atoms with Gasteiger partial charge in [0.25, 0.3) is 5.91 Å². The van der Waals surface area contributed by atoms with Gasteiger partial charge in [0.1, 0.15) is 0 Å². The van der Waals surface area contributed by atoms with Gasteiger partial charge in [-0.3, -0.25) is 4.79 Å². The van der Waals surface area contributed by atoms with E-state index in [1.165, 1.54) is 12.8 Å². The van der Waals surface area contributed by atoms with Crippen LogP contribution in [0.2, 0.25) is 0 Å². The molecule has 1 atom stereocenters.